The Morgan fingerprint density at radius 3 is 2.48 bits per heavy atom. The third-order valence-corrected chi connectivity index (χ3v) is 8.78. The SMILES string of the molecule is Cc1ccccc1NC(=O)CCC(=O)N1c2cccc(O)c2NC2=C(C(=O)CC(C)(C)C2)C1c1ccc(OCc2ccccc2)cc1F. The lowest BCUT2D eigenvalue weighted by molar-refractivity contribution is -0.123. The predicted octanol–water partition coefficient (Wildman–Crippen LogP) is 7.98. The summed E-state index contributed by atoms with van der Waals surface area (Å²) < 4.78 is 22.2. The number of nitrogens with zero attached hydrogens (tertiary/aromatic N) is 1. The van der Waals surface area contributed by atoms with Crippen molar-refractivity contribution in [3.8, 4) is 11.5 Å². The predicted molar refractivity (Wildman–Crippen MR) is 183 cm³/mol. The highest BCUT2D eigenvalue weighted by atomic mass is 19.1. The maximum absolute atomic E-state index is 16.3. The highest BCUT2D eigenvalue weighted by molar-refractivity contribution is 6.07. The van der Waals surface area contributed by atoms with Crippen LogP contribution in [0.4, 0.5) is 21.5 Å². The number of hydrogen-bond donors (Lipinski definition) is 3. The van der Waals surface area contributed by atoms with Crippen LogP contribution >= 0.6 is 0 Å². The number of fused-ring (bicyclic) bond motifs is 1. The first-order valence-corrected chi connectivity index (χ1v) is 16.0. The van der Waals surface area contributed by atoms with Gasteiger partial charge in [0, 0.05) is 47.8 Å². The van der Waals surface area contributed by atoms with E-state index in [9.17, 15) is 19.5 Å². The molecule has 9 heteroatoms. The molecule has 0 saturated carbocycles. The van der Waals surface area contributed by atoms with Gasteiger partial charge in [0.15, 0.2) is 5.78 Å². The minimum absolute atomic E-state index is 0.0957. The first kappa shape index (κ1) is 32.5. The summed E-state index contributed by atoms with van der Waals surface area (Å²) in [5, 5.41) is 17.1. The average molecular weight is 648 g/mol. The fourth-order valence-electron chi connectivity index (χ4n) is 6.44. The molecule has 1 aliphatic carbocycles. The van der Waals surface area contributed by atoms with Crippen molar-refractivity contribution >= 4 is 34.7 Å². The molecule has 2 amide bonds. The summed E-state index contributed by atoms with van der Waals surface area (Å²) in [4.78, 5) is 42.7. The number of amides is 2. The number of Topliss-reactive ketones (excluding diaryl/α,β-unsaturated/α-hetero) is 1. The van der Waals surface area contributed by atoms with E-state index in [-0.39, 0.29) is 65.8 Å². The molecular weight excluding hydrogens is 609 g/mol. The molecule has 3 N–H and O–H groups in total. The normalized spacial score (nSPS) is 16.7. The molecule has 2 aliphatic rings. The smallest absolute Gasteiger partial charge is 0.228 e. The number of carbonyl (C=O) groups is 3. The van der Waals surface area contributed by atoms with E-state index in [2.05, 4.69) is 10.6 Å². The van der Waals surface area contributed by atoms with Crippen LogP contribution in [0.25, 0.3) is 0 Å². The van der Waals surface area contributed by atoms with E-state index in [1.165, 1.54) is 23.1 Å². The second-order valence-corrected chi connectivity index (χ2v) is 13.1. The number of hydrogen-bond acceptors (Lipinski definition) is 6. The van der Waals surface area contributed by atoms with Gasteiger partial charge in [0.2, 0.25) is 11.8 Å². The number of nitrogens with one attached hydrogen (secondary N) is 2. The largest absolute Gasteiger partial charge is 0.506 e. The number of ether oxygens (including phenoxy) is 1. The Bertz CT molecular complexity index is 1920. The Balaban J connectivity index is 1.40. The number of phenols is 1. The fourth-order valence-corrected chi connectivity index (χ4v) is 6.44. The summed E-state index contributed by atoms with van der Waals surface area (Å²) in [6.45, 7) is 6.05. The van der Waals surface area contributed by atoms with Gasteiger partial charge in [-0.15, -0.1) is 0 Å². The zero-order chi connectivity index (χ0) is 34.0. The maximum Gasteiger partial charge on any atom is 0.228 e. The summed E-state index contributed by atoms with van der Waals surface area (Å²) in [7, 11) is 0. The van der Waals surface area contributed by atoms with E-state index in [4.69, 9.17) is 4.74 Å². The molecule has 1 heterocycles. The molecule has 6 rings (SSSR count). The van der Waals surface area contributed by atoms with Gasteiger partial charge in [-0.25, -0.2) is 4.39 Å². The first-order chi connectivity index (χ1) is 23.0. The highest BCUT2D eigenvalue weighted by Crippen LogP contribution is 2.51. The van der Waals surface area contributed by atoms with Crippen LogP contribution in [-0.2, 0) is 21.0 Å². The van der Waals surface area contributed by atoms with E-state index in [1.807, 2.05) is 69.3 Å². The molecule has 4 aromatic carbocycles. The summed E-state index contributed by atoms with van der Waals surface area (Å²) in [5.41, 5.74) is 3.39. The number of para-hydroxylation sites is 2. The van der Waals surface area contributed by atoms with E-state index in [0.29, 0.717) is 23.6 Å². The van der Waals surface area contributed by atoms with Gasteiger partial charge in [0.05, 0.1) is 11.7 Å². The molecule has 48 heavy (non-hydrogen) atoms. The molecule has 1 aliphatic heterocycles. The molecule has 1 atom stereocenters. The van der Waals surface area contributed by atoms with Crippen molar-refractivity contribution in [1.82, 2.24) is 0 Å². The Labute approximate surface area is 279 Å². The Hall–Kier alpha value is -5.44. The molecule has 0 bridgehead atoms. The molecular formula is C39H38FN3O5. The van der Waals surface area contributed by atoms with Crippen molar-refractivity contribution in [3.63, 3.8) is 0 Å². The van der Waals surface area contributed by atoms with Crippen LogP contribution in [0, 0.1) is 18.2 Å². The molecule has 0 aromatic heterocycles. The number of phenolic OH excluding ortho intramolecular Hbond substituents is 1. The van der Waals surface area contributed by atoms with Gasteiger partial charge in [-0.3, -0.25) is 19.3 Å². The van der Waals surface area contributed by atoms with E-state index in [1.54, 1.807) is 24.3 Å². The maximum atomic E-state index is 16.3. The molecule has 4 aromatic rings. The number of carbonyl (C=O) groups excluding carboxylic acids is 3. The first-order valence-electron chi connectivity index (χ1n) is 16.0. The highest BCUT2D eigenvalue weighted by Gasteiger charge is 2.44. The van der Waals surface area contributed by atoms with E-state index >= 15 is 4.39 Å². The summed E-state index contributed by atoms with van der Waals surface area (Å²) in [6.07, 6.45) is 0.233. The number of aryl methyl sites for hydroxylation is 1. The van der Waals surface area contributed by atoms with Crippen molar-refractivity contribution in [2.24, 2.45) is 5.41 Å². The quantitative estimate of drug-likeness (QED) is 0.167. The Morgan fingerprint density at radius 2 is 1.73 bits per heavy atom. The monoisotopic (exact) mass is 647 g/mol. The van der Waals surface area contributed by atoms with Gasteiger partial charge in [0.25, 0.3) is 0 Å². The third-order valence-electron chi connectivity index (χ3n) is 8.78. The summed E-state index contributed by atoms with van der Waals surface area (Å²) >= 11 is 0. The molecule has 0 radical (unpaired) electrons. The van der Waals surface area contributed by atoms with Crippen LogP contribution in [0.2, 0.25) is 0 Å². The number of rotatable bonds is 8. The van der Waals surface area contributed by atoms with Gasteiger partial charge in [-0.2, -0.15) is 0 Å². The topological polar surface area (TPSA) is 108 Å². The van der Waals surface area contributed by atoms with Crippen molar-refractivity contribution < 1.29 is 28.6 Å². The standard InChI is InChI=1S/C39H38FN3O5/c1-24-10-7-8-13-29(24)41-34(46)18-19-35(47)43-31-14-9-15-32(44)37(31)42-30-21-39(2,3)22-33(45)36(30)38(43)27-17-16-26(20-28(27)40)48-23-25-11-5-4-6-12-25/h4-17,20,38,42,44H,18-19,21-23H2,1-3H3,(H,41,46). The van der Waals surface area contributed by atoms with Crippen LogP contribution in [-0.4, -0.2) is 22.7 Å². The van der Waals surface area contributed by atoms with Gasteiger partial charge >= 0.3 is 0 Å². The third kappa shape index (κ3) is 6.81. The fraction of sp³-hybridized carbons (Fsp3) is 0.256. The van der Waals surface area contributed by atoms with Crippen molar-refractivity contribution in [2.45, 2.75) is 59.1 Å². The lowest BCUT2D eigenvalue weighted by Gasteiger charge is -2.37. The number of benzene rings is 4. The number of allylic oxidation sites excluding steroid dienone is 1. The van der Waals surface area contributed by atoms with Crippen molar-refractivity contribution in [1.29, 1.82) is 0 Å². The van der Waals surface area contributed by atoms with Crippen LogP contribution in [0.3, 0.4) is 0 Å². The van der Waals surface area contributed by atoms with E-state index in [0.717, 1.165) is 11.1 Å². The second kappa shape index (κ2) is 13.4. The Morgan fingerprint density at radius 1 is 0.979 bits per heavy atom. The molecule has 1 unspecified atom stereocenters. The van der Waals surface area contributed by atoms with Crippen molar-refractivity contribution in [2.75, 3.05) is 15.5 Å². The van der Waals surface area contributed by atoms with Gasteiger partial charge in [0.1, 0.15) is 29.6 Å². The number of ketones is 1. The second-order valence-electron chi connectivity index (χ2n) is 13.1. The average Bonchev–Trinajstić information content (AvgIpc) is 3.19. The lowest BCUT2D eigenvalue weighted by Crippen LogP contribution is -2.40. The van der Waals surface area contributed by atoms with Gasteiger partial charge < -0.3 is 20.5 Å². The van der Waals surface area contributed by atoms with Gasteiger partial charge in [-0.05, 0) is 60.2 Å². The zero-order valence-electron chi connectivity index (χ0n) is 27.2. The summed E-state index contributed by atoms with van der Waals surface area (Å²) in [5.74, 6) is -1.60. The number of aromatic hydroxyl groups is 1. The molecule has 0 fully saturated rings. The zero-order valence-corrected chi connectivity index (χ0v) is 27.2. The van der Waals surface area contributed by atoms with Crippen LogP contribution < -0.4 is 20.3 Å². The molecule has 246 valence electrons. The van der Waals surface area contributed by atoms with Crippen LogP contribution in [0.5, 0.6) is 11.5 Å². The summed E-state index contributed by atoms with van der Waals surface area (Å²) in [6, 6.07) is 24.8. The van der Waals surface area contributed by atoms with E-state index < -0.39 is 23.2 Å². The minimum Gasteiger partial charge on any atom is -0.506 e. The molecule has 0 saturated heterocycles. The molecule has 8 nitrogen and oxygen atoms in total. The lowest BCUT2D eigenvalue weighted by atomic mass is 9.73. The number of anilines is 3. The van der Waals surface area contributed by atoms with Gasteiger partial charge in [-0.1, -0.05) is 68.4 Å². The molecule has 0 spiro atoms. The number of halogens is 1. The minimum atomic E-state index is -1.17. The van der Waals surface area contributed by atoms with Crippen LogP contribution in [0.15, 0.2) is 102 Å². The van der Waals surface area contributed by atoms with Crippen molar-refractivity contribution in [3.05, 3.63) is 125 Å². The van der Waals surface area contributed by atoms with Crippen LogP contribution in [0.1, 0.15) is 62.3 Å². The Kier molecular flexibility index (Phi) is 9.04.